The number of aliphatic hydroxyl groups excluding tert-OH is 2. The Morgan fingerprint density at radius 3 is 1.44 bits per heavy atom. The van der Waals surface area contributed by atoms with Crippen LogP contribution in [0.4, 0.5) is 0 Å². The highest BCUT2D eigenvalue weighted by atomic mass is 35.5. The number of rotatable bonds is 0. The molecule has 1 rings (SSSR count). The maximum absolute atomic E-state index is 8.97. The highest BCUT2D eigenvalue weighted by Crippen LogP contribution is 2.28. The van der Waals surface area contributed by atoms with E-state index in [4.69, 9.17) is 33.4 Å². The minimum Gasteiger partial charge on any atom is -0.389 e. The minimum absolute atomic E-state index is 0.387. The number of aliphatic hydroxyl groups is 2. The molecule has 0 amide bonds. The SMILES string of the molecule is O[C@@H]1[C@H](O)[C@H](Cl)C[C@@H]1Cl. The first-order valence-corrected chi connectivity index (χ1v) is 3.64. The zero-order chi connectivity index (χ0) is 7.02. The Labute approximate surface area is 63.4 Å². The van der Waals surface area contributed by atoms with Crippen LogP contribution in [-0.2, 0) is 0 Å². The third kappa shape index (κ3) is 1.32. The van der Waals surface area contributed by atoms with E-state index in [2.05, 4.69) is 0 Å². The van der Waals surface area contributed by atoms with E-state index >= 15 is 0 Å². The van der Waals surface area contributed by atoms with E-state index in [9.17, 15) is 0 Å². The van der Waals surface area contributed by atoms with Crippen molar-refractivity contribution in [3.8, 4) is 0 Å². The molecule has 0 saturated heterocycles. The predicted octanol–water partition coefficient (Wildman–Crippen LogP) is 0.327. The largest absolute Gasteiger partial charge is 0.389 e. The Morgan fingerprint density at radius 1 is 1.00 bits per heavy atom. The second-order valence-electron chi connectivity index (χ2n) is 2.25. The zero-order valence-electron chi connectivity index (χ0n) is 4.67. The predicted molar refractivity (Wildman–Crippen MR) is 35.9 cm³/mol. The quantitative estimate of drug-likeness (QED) is 0.515. The second kappa shape index (κ2) is 2.62. The number of hydrogen-bond acceptors (Lipinski definition) is 2. The summed E-state index contributed by atoms with van der Waals surface area (Å²) in [5.74, 6) is 0. The smallest absolute Gasteiger partial charge is 0.0977 e. The molecule has 0 bridgehead atoms. The summed E-state index contributed by atoms with van der Waals surface area (Å²) in [4.78, 5) is 0. The Hall–Kier alpha value is 0.500. The van der Waals surface area contributed by atoms with Crippen molar-refractivity contribution in [3.05, 3.63) is 0 Å². The van der Waals surface area contributed by atoms with Gasteiger partial charge in [-0.1, -0.05) is 0 Å². The monoisotopic (exact) mass is 170 g/mol. The lowest BCUT2D eigenvalue weighted by molar-refractivity contribution is 0.0471. The van der Waals surface area contributed by atoms with E-state index in [1.807, 2.05) is 0 Å². The van der Waals surface area contributed by atoms with E-state index in [1.165, 1.54) is 0 Å². The van der Waals surface area contributed by atoms with E-state index in [0.29, 0.717) is 6.42 Å². The van der Waals surface area contributed by atoms with Gasteiger partial charge in [0.25, 0.3) is 0 Å². The van der Waals surface area contributed by atoms with Crippen molar-refractivity contribution in [2.75, 3.05) is 0 Å². The first-order valence-electron chi connectivity index (χ1n) is 2.77. The fourth-order valence-electron chi connectivity index (χ4n) is 0.922. The van der Waals surface area contributed by atoms with Crippen LogP contribution in [0, 0.1) is 0 Å². The van der Waals surface area contributed by atoms with Crippen molar-refractivity contribution in [2.45, 2.75) is 29.4 Å². The first-order chi connectivity index (χ1) is 4.13. The molecule has 2 N–H and O–H groups in total. The van der Waals surface area contributed by atoms with E-state index < -0.39 is 12.2 Å². The molecular weight excluding hydrogens is 163 g/mol. The van der Waals surface area contributed by atoms with Crippen molar-refractivity contribution in [1.29, 1.82) is 0 Å². The van der Waals surface area contributed by atoms with Gasteiger partial charge in [0.05, 0.1) is 23.0 Å². The molecule has 0 aromatic carbocycles. The molecule has 54 valence electrons. The zero-order valence-corrected chi connectivity index (χ0v) is 6.18. The van der Waals surface area contributed by atoms with Gasteiger partial charge in [-0.25, -0.2) is 0 Å². The van der Waals surface area contributed by atoms with Crippen LogP contribution in [0.3, 0.4) is 0 Å². The molecule has 0 unspecified atom stereocenters. The van der Waals surface area contributed by atoms with Crippen LogP contribution in [-0.4, -0.2) is 33.2 Å². The molecule has 0 spiro atoms. The molecule has 4 heteroatoms. The molecule has 0 heterocycles. The van der Waals surface area contributed by atoms with Crippen LogP contribution in [0.15, 0.2) is 0 Å². The van der Waals surface area contributed by atoms with Crippen molar-refractivity contribution in [1.82, 2.24) is 0 Å². The lowest BCUT2D eigenvalue weighted by Gasteiger charge is -2.09. The summed E-state index contributed by atoms with van der Waals surface area (Å²) in [6.45, 7) is 0. The first kappa shape index (κ1) is 7.61. The highest BCUT2D eigenvalue weighted by Gasteiger charge is 2.39. The molecular formula is C5H8Cl2O2. The van der Waals surface area contributed by atoms with E-state index in [0.717, 1.165) is 0 Å². The van der Waals surface area contributed by atoms with Crippen LogP contribution in [0.5, 0.6) is 0 Å². The van der Waals surface area contributed by atoms with E-state index in [-0.39, 0.29) is 10.8 Å². The van der Waals surface area contributed by atoms with Crippen molar-refractivity contribution < 1.29 is 10.2 Å². The van der Waals surface area contributed by atoms with Gasteiger partial charge in [0.2, 0.25) is 0 Å². The molecule has 4 atom stereocenters. The molecule has 1 aliphatic rings. The lowest BCUT2D eigenvalue weighted by Crippen LogP contribution is -2.28. The molecule has 0 aromatic rings. The Bertz CT molecular complexity index is 97.1. The summed E-state index contributed by atoms with van der Waals surface area (Å²) >= 11 is 11.1. The van der Waals surface area contributed by atoms with Gasteiger partial charge in [0.1, 0.15) is 0 Å². The van der Waals surface area contributed by atoms with Gasteiger partial charge in [-0.2, -0.15) is 0 Å². The van der Waals surface area contributed by atoms with Gasteiger partial charge in [-0.15, -0.1) is 23.2 Å². The van der Waals surface area contributed by atoms with Crippen LogP contribution < -0.4 is 0 Å². The standard InChI is InChI=1S/C5H8Cl2O2/c6-2-1-3(7)5(9)4(2)8/h2-5,8-9H,1H2/t2-,3+,4-,5+. The van der Waals surface area contributed by atoms with Gasteiger partial charge >= 0.3 is 0 Å². The third-order valence-corrected chi connectivity index (χ3v) is 2.41. The summed E-state index contributed by atoms with van der Waals surface area (Å²) in [6.07, 6.45) is -1.23. The van der Waals surface area contributed by atoms with Gasteiger partial charge < -0.3 is 10.2 Å². The van der Waals surface area contributed by atoms with Crippen LogP contribution in [0.1, 0.15) is 6.42 Å². The van der Waals surface area contributed by atoms with Crippen LogP contribution >= 0.6 is 23.2 Å². The fraction of sp³-hybridized carbons (Fsp3) is 1.00. The normalized spacial score (nSPS) is 52.0. The summed E-state index contributed by atoms with van der Waals surface area (Å²) in [5.41, 5.74) is 0. The molecule has 1 aliphatic carbocycles. The Kier molecular flexibility index (Phi) is 2.22. The summed E-state index contributed by atoms with van der Waals surface area (Å²) < 4.78 is 0. The van der Waals surface area contributed by atoms with Crippen molar-refractivity contribution >= 4 is 23.2 Å². The molecule has 2 nitrogen and oxygen atoms in total. The minimum atomic E-state index is -0.853. The number of alkyl halides is 2. The van der Waals surface area contributed by atoms with Crippen LogP contribution in [0.25, 0.3) is 0 Å². The third-order valence-electron chi connectivity index (χ3n) is 1.54. The molecule has 0 aliphatic heterocycles. The summed E-state index contributed by atoms with van der Waals surface area (Å²) in [7, 11) is 0. The highest BCUT2D eigenvalue weighted by molar-refractivity contribution is 6.25. The average Bonchev–Trinajstić information content (AvgIpc) is 1.98. The number of halogens is 2. The Balaban J connectivity index is 2.54. The van der Waals surface area contributed by atoms with Crippen molar-refractivity contribution in [3.63, 3.8) is 0 Å². The fourth-order valence-corrected chi connectivity index (χ4v) is 1.70. The summed E-state index contributed by atoms with van der Waals surface area (Å²) in [5, 5.41) is 17.2. The van der Waals surface area contributed by atoms with Gasteiger partial charge in [-0.3, -0.25) is 0 Å². The number of hydrogen-bond donors (Lipinski definition) is 2. The van der Waals surface area contributed by atoms with Gasteiger partial charge in [0, 0.05) is 0 Å². The maximum atomic E-state index is 8.97. The molecule has 0 radical (unpaired) electrons. The van der Waals surface area contributed by atoms with Crippen LogP contribution in [0.2, 0.25) is 0 Å². The molecule has 0 aromatic heterocycles. The summed E-state index contributed by atoms with van der Waals surface area (Å²) in [6, 6.07) is 0. The topological polar surface area (TPSA) is 40.5 Å². The maximum Gasteiger partial charge on any atom is 0.0977 e. The molecule has 1 saturated carbocycles. The molecule has 9 heavy (non-hydrogen) atoms. The van der Waals surface area contributed by atoms with Crippen molar-refractivity contribution in [2.24, 2.45) is 0 Å². The molecule has 1 fully saturated rings. The lowest BCUT2D eigenvalue weighted by atomic mass is 10.3. The van der Waals surface area contributed by atoms with Gasteiger partial charge in [-0.05, 0) is 6.42 Å². The van der Waals surface area contributed by atoms with Gasteiger partial charge in [0.15, 0.2) is 0 Å². The Morgan fingerprint density at radius 2 is 1.33 bits per heavy atom. The second-order valence-corrected chi connectivity index (χ2v) is 3.37. The van der Waals surface area contributed by atoms with E-state index in [1.54, 1.807) is 0 Å². The average molecular weight is 171 g/mol.